The van der Waals surface area contributed by atoms with Crippen LogP contribution >= 0.6 is 15.9 Å². The average molecular weight is 341 g/mol. The van der Waals surface area contributed by atoms with Crippen LogP contribution in [0.25, 0.3) is 11.0 Å². The Balaban J connectivity index is 1.97. The van der Waals surface area contributed by atoms with Gasteiger partial charge in [0.1, 0.15) is 12.1 Å². The predicted molar refractivity (Wildman–Crippen MR) is 85.4 cm³/mol. The van der Waals surface area contributed by atoms with E-state index in [0.717, 1.165) is 34.0 Å². The zero-order valence-electron chi connectivity index (χ0n) is 11.2. The maximum absolute atomic E-state index is 11.4. The van der Waals surface area contributed by atoms with Gasteiger partial charge in [0.05, 0.1) is 23.0 Å². The fraction of sp³-hybridized carbons (Fsp3) is 0.176. The number of nitrogens with zero attached hydrogens (tertiary/aromatic N) is 2. The first kappa shape index (κ1) is 12.8. The maximum atomic E-state index is 11.4. The molecule has 2 unspecified atom stereocenters. The molecule has 0 aliphatic carbocycles. The summed E-state index contributed by atoms with van der Waals surface area (Å²) in [6.45, 7) is 0. The van der Waals surface area contributed by atoms with Crippen molar-refractivity contribution in [3.05, 3.63) is 64.4 Å². The molecule has 4 heteroatoms. The fourth-order valence-electron chi connectivity index (χ4n) is 3.20. The Morgan fingerprint density at radius 1 is 1.19 bits per heavy atom. The van der Waals surface area contributed by atoms with E-state index in [1.54, 1.807) is 0 Å². The Hall–Kier alpha value is -1.94. The topological polar surface area (TPSA) is 34.9 Å². The predicted octanol–water partition coefficient (Wildman–Crippen LogP) is 4.07. The summed E-state index contributed by atoms with van der Waals surface area (Å²) in [7, 11) is 0. The van der Waals surface area contributed by atoms with Crippen LogP contribution in [-0.4, -0.2) is 15.8 Å². The molecule has 0 spiro atoms. The van der Waals surface area contributed by atoms with E-state index in [9.17, 15) is 4.79 Å². The molecule has 2 aromatic carbocycles. The number of hydrogen-bond acceptors (Lipinski definition) is 2. The van der Waals surface area contributed by atoms with Crippen molar-refractivity contribution in [3.63, 3.8) is 0 Å². The third-order valence-corrected chi connectivity index (χ3v) is 4.64. The molecular weight excluding hydrogens is 328 g/mol. The summed E-state index contributed by atoms with van der Waals surface area (Å²) in [6.07, 6.45) is 1.81. The van der Waals surface area contributed by atoms with Crippen LogP contribution < -0.4 is 0 Å². The van der Waals surface area contributed by atoms with E-state index in [0.29, 0.717) is 0 Å². The van der Waals surface area contributed by atoms with Crippen LogP contribution in [0.15, 0.2) is 53.0 Å². The van der Waals surface area contributed by atoms with E-state index in [2.05, 4.69) is 43.7 Å². The van der Waals surface area contributed by atoms with Crippen molar-refractivity contribution >= 4 is 33.2 Å². The molecule has 1 aliphatic heterocycles. The Morgan fingerprint density at radius 3 is 2.76 bits per heavy atom. The van der Waals surface area contributed by atoms with Crippen molar-refractivity contribution in [2.24, 2.45) is 0 Å². The molecule has 0 amide bonds. The number of carbonyl (C=O) groups excluding carboxylic acids is 1. The normalized spacial score (nSPS) is 20.6. The lowest BCUT2D eigenvalue weighted by atomic mass is 9.99. The lowest BCUT2D eigenvalue weighted by Gasteiger charge is -2.14. The number of hydrogen-bond donors (Lipinski definition) is 0. The average Bonchev–Trinajstić information content (AvgIpc) is 3.05. The van der Waals surface area contributed by atoms with Gasteiger partial charge in [-0.3, -0.25) is 0 Å². The number of aromatic nitrogens is 2. The Kier molecular flexibility index (Phi) is 2.93. The minimum Gasteiger partial charge on any atom is -0.320 e. The lowest BCUT2D eigenvalue weighted by molar-refractivity contribution is -0.109. The molecule has 0 fully saturated rings. The Labute approximate surface area is 130 Å². The summed E-state index contributed by atoms with van der Waals surface area (Å²) >= 11 is 3.52. The second-order valence-corrected chi connectivity index (χ2v) is 6.29. The molecule has 21 heavy (non-hydrogen) atoms. The molecule has 104 valence electrons. The summed E-state index contributed by atoms with van der Waals surface area (Å²) in [4.78, 5) is 16.1. The van der Waals surface area contributed by atoms with Gasteiger partial charge in [0.15, 0.2) is 0 Å². The summed E-state index contributed by atoms with van der Waals surface area (Å²) in [5.41, 5.74) is 3.25. The maximum Gasteiger partial charge on any atom is 0.130 e. The van der Waals surface area contributed by atoms with Gasteiger partial charge < -0.3 is 9.36 Å². The van der Waals surface area contributed by atoms with Crippen molar-refractivity contribution in [1.29, 1.82) is 0 Å². The molecule has 0 bridgehead atoms. The summed E-state index contributed by atoms with van der Waals surface area (Å²) in [5.74, 6) is 0.758. The molecule has 2 atom stereocenters. The van der Waals surface area contributed by atoms with Crippen molar-refractivity contribution in [2.75, 3.05) is 0 Å². The zero-order chi connectivity index (χ0) is 14.4. The van der Waals surface area contributed by atoms with Crippen molar-refractivity contribution < 1.29 is 4.79 Å². The minimum atomic E-state index is -0.124. The largest absolute Gasteiger partial charge is 0.320 e. The zero-order valence-corrected chi connectivity index (χ0v) is 12.8. The van der Waals surface area contributed by atoms with Gasteiger partial charge in [-0.05, 0) is 30.2 Å². The van der Waals surface area contributed by atoms with Crippen LogP contribution in [0.2, 0.25) is 0 Å². The van der Waals surface area contributed by atoms with E-state index in [-0.39, 0.29) is 12.0 Å². The van der Waals surface area contributed by atoms with Gasteiger partial charge in [-0.2, -0.15) is 0 Å². The molecule has 0 radical (unpaired) electrons. The van der Waals surface area contributed by atoms with E-state index in [1.807, 2.05) is 30.3 Å². The highest BCUT2D eigenvalue weighted by molar-refractivity contribution is 9.10. The van der Waals surface area contributed by atoms with E-state index >= 15 is 0 Å². The van der Waals surface area contributed by atoms with Gasteiger partial charge in [-0.15, -0.1) is 0 Å². The smallest absolute Gasteiger partial charge is 0.130 e. The standard InChI is InChI=1S/C17H13BrN2O/c18-13-6-7-14-16(9-13)20-15(11-4-2-1-3-5-11)8-12(10-21)17(20)19-14/h1-7,9-10,12,15H,8H2. The van der Waals surface area contributed by atoms with E-state index in [1.165, 1.54) is 5.56 Å². The molecule has 1 aromatic heterocycles. The monoisotopic (exact) mass is 340 g/mol. The minimum absolute atomic E-state index is 0.124. The van der Waals surface area contributed by atoms with Crippen LogP contribution in [0.3, 0.4) is 0 Å². The molecule has 3 aromatic rings. The van der Waals surface area contributed by atoms with Gasteiger partial charge in [0.25, 0.3) is 0 Å². The molecule has 0 saturated heterocycles. The summed E-state index contributed by atoms with van der Waals surface area (Å²) < 4.78 is 3.24. The van der Waals surface area contributed by atoms with Gasteiger partial charge in [-0.1, -0.05) is 46.3 Å². The molecule has 1 aliphatic rings. The number of fused-ring (bicyclic) bond motifs is 3. The highest BCUT2D eigenvalue weighted by Crippen LogP contribution is 2.41. The third kappa shape index (κ3) is 1.94. The number of halogens is 1. The highest BCUT2D eigenvalue weighted by atomic mass is 79.9. The van der Waals surface area contributed by atoms with Gasteiger partial charge in [0, 0.05) is 4.47 Å². The van der Waals surface area contributed by atoms with Crippen LogP contribution in [0.4, 0.5) is 0 Å². The first-order chi connectivity index (χ1) is 10.3. The number of imidazole rings is 1. The van der Waals surface area contributed by atoms with Gasteiger partial charge >= 0.3 is 0 Å². The van der Waals surface area contributed by atoms with Crippen LogP contribution in [0.5, 0.6) is 0 Å². The number of rotatable bonds is 2. The quantitative estimate of drug-likeness (QED) is 0.659. The third-order valence-electron chi connectivity index (χ3n) is 4.15. The Bertz CT molecular complexity index is 825. The molecule has 3 nitrogen and oxygen atoms in total. The Morgan fingerprint density at radius 2 is 2.00 bits per heavy atom. The molecule has 4 rings (SSSR count). The second-order valence-electron chi connectivity index (χ2n) is 5.38. The molecule has 0 N–H and O–H groups in total. The second kappa shape index (κ2) is 4.81. The summed E-state index contributed by atoms with van der Waals surface area (Å²) in [6, 6.07) is 16.6. The summed E-state index contributed by atoms with van der Waals surface area (Å²) in [5, 5.41) is 0. The SMILES string of the molecule is O=CC1CC(c2ccccc2)n2c1nc1ccc(Br)cc12. The van der Waals surface area contributed by atoms with Crippen molar-refractivity contribution in [2.45, 2.75) is 18.4 Å². The van der Waals surface area contributed by atoms with Gasteiger partial charge in [-0.25, -0.2) is 4.98 Å². The number of benzene rings is 2. The first-order valence-electron chi connectivity index (χ1n) is 6.95. The van der Waals surface area contributed by atoms with E-state index < -0.39 is 0 Å². The molecule has 2 heterocycles. The lowest BCUT2D eigenvalue weighted by Crippen LogP contribution is -2.05. The first-order valence-corrected chi connectivity index (χ1v) is 7.75. The van der Waals surface area contributed by atoms with Crippen LogP contribution in [-0.2, 0) is 4.79 Å². The molecule has 0 saturated carbocycles. The fourth-order valence-corrected chi connectivity index (χ4v) is 3.55. The van der Waals surface area contributed by atoms with Crippen molar-refractivity contribution in [3.8, 4) is 0 Å². The molecular formula is C17H13BrN2O. The number of carbonyl (C=O) groups is 1. The van der Waals surface area contributed by atoms with E-state index in [4.69, 9.17) is 0 Å². The number of aldehydes is 1. The van der Waals surface area contributed by atoms with Crippen molar-refractivity contribution in [1.82, 2.24) is 9.55 Å². The van der Waals surface area contributed by atoms with Crippen LogP contribution in [0.1, 0.15) is 29.8 Å². The van der Waals surface area contributed by atoms with Gasteiger partial charge in [0.2, 0.25) is 0 Å². The highest BCUT2D eigenvalue weighted by Gasteiger charge is 2.34. The van der Waals surface area contributed by atoms with Crippen LogP contribution in [0, 0.1) is 0 Å².